The number of nitrogens with one attached hydrogen (secondary N) is 1. The van der Waals surface area contributed by atoms with Crippen LogP contribution in [0.4, 0.5) is 17.1 Å². The molecule has 0 aromatic heterocycles. The summed E-state index contributed by atoms with van der Waals surface area (Å²) >= 11 is -0.826. The van der Waals surface area contributed by atoms with E-state index >= 15 is 0 Å². The number of nitrogens with two attached hydrogens (primary N) is 1. The van der Waals surface area contributed by atoms with Crippen molar-refractivity contribution in [2.45, 2.75) is 20.8 Å². The Balaban J connectivity index is -0.000000191. The molecule has 23 heteroatoms. The minimum atomic E-state index is -0.833. The summed E-state index contributed by atoms with van der Waals surface area (Å²) in [7, 11) is 9.87. The quantitative estimate of drug-likeness (QED) is 0.0797. The molecule has 9 N–H and O–H groups in total. The van der Waals surface area contributed by atoms with Gasteiger partial charge in [-0.15, -0.1) is 10.2 Å². The fourth-order valence-corrected chi connectivity index (χ4v) is 2.54. The van der Waals surface area contributed by atoms with Crippen molar-refractivity contribution in [3.63, 3.8) is 0 Å². The topological polar surface area (TPSA) is 344 Å². The van der Waals surface area contributed by atoms with Gasteiger partial charge in [0.2, 0.25) is 27.6 Å². The number of aliphatic hydroxyl groups excluding tert-OH is 1. The van der Waals surface area contributed by atoms with Crippen LogP contribution < -0.4 is 62.3 Å². The van der Waals surface area contributed by atoms with Gasteiger partial charge in [0.1, 0.15) is 5.69 Å². The molecule has 4 aromatic rings. The van der Waals surface area contributed by atoms with Crippen LogP contribution in [0.25, 0.3) is 0 Å². The van der Waals surface area contributed by atoms with E-state index in [0.717, 1.165) is 24.4 Å². The Bertz CT molecular complexity index is 2020. The second-order valence-electron chi connectivity index (χ2n) is 9.04. The predicted octanol–water partition coefficient (Wildman–Crippen LogP) is 1.29. The zero-order valence-electron chi connectivity index (χ0n) is 30.6. The summed E-state index contributed by atoms with van der Waals surface area (Å²) in [5.41, 5.74) is 4.60. The summed E-state index contributed by atoms with van der Waals surface area (Å²) in [6, 6.07) is 23.0. The monoisotopic (exact) mass is 954 g/mol. The summed E-state index contributed by atoms with van der Waals surface area (Å²) in [6.07, 6.45) is 0. The SMILES string of the molecule is CC(=O)Nc1ccc(O)c(=O)cc1.CC(=O)O.CCO.Nc1ccc(O)c(=O)cc1.O=N[O-].O=Nc1ccc(O)c(=O)cc1.O=c1cccccc1O.[Cl][Sn][Cl].[Na+]. The van der Waals surface area contributed by atoms with Crippen LogP contribution in [0.1, 0.15) is 20.8 Å². The first kappa shape index (κ1) is 61.1. The van der Waals surface area contributed by atoms with Gasteiger partial charge in [0, 0.05) is 31.8 Å². The van der Waals surface area contributed by atoms with Crippen molar-refractivity contribution in [3.8, 4) is 23.0 Å². The van der Waals surface area contributed by atoms with E-state index in [4.69, 9.17) is 69.1 Å². The standard InChI is InChI=1S/C9H9NO3.C7H5NO3.C7H7NO2.C7H6O2.C2H4O2.C2H6O.2ClH.HNO2.Na.Sn/c1-6(11)10-7-2-4-8(12)9(13)5-3-7;9-6-3-1-5(8-11)2-4-7(6)10;8-5-1-3-6(9)7(10)4-2-5;8-6-4-2-1-3-5-7(6)9;1-2(3)4;1-2-3;;;2-1-3;;/h2-5H,1H3,(H,10,11)(H,12,13);1-4H,(H,9,10);1-4H,8H2,(H,9,10);1-5H,(H,8,9);1H3,(H,3,4);3H,2H2,1H3;2*1H;(H,2,3);;/q;;;;;;;;;+1;+2/p-3. The van der Waals surface area contributed by atoms with E-state index in [2.05, 4.69) is 10.5 Å². The van der Waals surface area contributed by atoms with E-state index in [1.54, 1.807) is 25.1 Å². The van der Waals surface area contributed by atoms with Gasteiger partial charge < -0.3 is 51.8 Å². The number of hydrogen-bond donors (Lipinski definition) is 8. The molecular formula is C34H37Cl2N4NaO15Sn. The number of amides is 1. The van der Waals surface area contributed by atoms with Crippen LogP contribution >= 0.6 is 17.8 Å². The number of halogens is 2. The van der Waals surface area contributed by atoms with Gasteiger partial charge in [0.05, 0.1) is 0 Å². The van der Waals surface area contributed by atoms with Crippen LogP contribution in [0.5, 0.6) is 23.0 Å². The molecule has 2 radical (unpaired) electrons. The fourth-order valence-electron chi connectivity index (χ4n) is 2.54. The smallest absolute Gasteiger partial charge is 1.00 e. The number of hydrogen-bond acceptors (Lipinski definition) is 17. The van der Waals surface area contributed by atoms with Gasteiger partial charge >= 0.3 is 66.3 Å². The van der Waals surface area contributed by atoms with Crippen molar-refractivity contribution < 1.29 is 69.8 Å². The molecule has 0 saturated carbocycles. The van der Waals surface area contributed by atoms with Crippen molar-refractivity contribution in [2.24, 2.45) is 10.5 Å². The van der Waals surface area contributed by atoms with Crippen LogP contribution in [0.3, 0.4) is 0 Å². The van der Waals surface area contributed by atoms with Gasteiger partial charge in [-0.1, -0.05) is 18.2 Å². The molecule has 4 aromatic carbocycles. The van der Waals surface area contributed by atoms with Gasteiger partial charge in [0.15, 0.2) is 23.0 Å². The van der Waals surface area contributed by atoms with Crippen LogP contribution in [0.2, 0.25) is 0 Å². The average molecular weight is 954 g/mol. The van der Waals surface area contributed by atoms with Crippen LogP contribution in [-0.4, -0.2) is 68.0 Å². The number of anilines is 2. The van der Waals surface area contributed by atoms with Crippen molar-refractivity contribution in [3.05, 3.63) is 159 Å². The zero-order valence-corrected chi connectivity index (χ0v) is 37.0. The van der Waals surface area contributed by atoms with Crippen molar-refractivity contribution in [1.82, 2.24) is 0 Å². The van der Waals surface area contributed by atoms with Gasteiger partial charge in [-0.3, -0.25) is 28.8 Å². The third-order valence-electron chi connectivity index (χ3n) is 4.67. The maximum Gasteiger partial charge on any atom is 1.00 e. The maximum atomic E-state index is 10.9. The van der Waals surface area contributed by atoms with E-state index in [1.165, 1.54) is 79.7 Å². The van der Waals surface area contributed by atoms with Gasteiger partial charge in [0.25, 0.3) is 5.97 Å². The summed E-state index contributed by atoms with van der Waals surface area (Å²) in [4.78, 5) is 80.4. The largest absolute Gasteiger partial charge is 1.00 e. The minimum Gasteiger partial charge on any atom is 1.00 e. The van der Waals surface area contributed by atoms with E-state index in [1.807, 2.05) is 0 Å². The van der Waals surface area contributed by atoms with Crippen molar-refractivity contribution in [1.29, 1.82) is 0 Å². The number of nitrogen functional groups attached to an aromatic ring is 1. The van der Waals surface area contributed by atoms with Gasteiger partial charge in [-0.25, -0.2) is 0 Å². The second-order valence-corrected chi connectivity index (χ2v) is 13.3. The molecule has 4 rings (SSSR count). The Kier molecular flexibility index (Phi) is 43.4. The number of nitroso groups, excluding NO2 is 1. The first-order valence-electron chi connectivity index (χ1n) is 14.7. The number of aromatic hydroxyl groups is 4. The number of aliphatic hydroxyl groups is 1. The molecular weight excluding hydrogens is 917 g/mol. The van der Waals surface area contributed by atoms with Gasteiger partial charge in [-0.05, 0) is 97.0 Å². The Labute approximate surface area is 363 Å². The first-order chi connectivity index (χ1) is 26.3. The molecule has 0 saturated heterocycles. The van der Waals surface area contributed by atoms with Crippen LogP contribution in [0, 0.1) is 15.0 Å². The molecule has 0 aliphatic heterocycles. The molecule has 0 spiro atoms. The molecule has 302 valence electrons. The summed E-state index contributed by atoms with van der Waals surface area (Å²) in [5.74, 6) is -2.27. The molecule has 0 aliphatic carbocycles. The van der Waals surface area contributed by atoms with Crippen molar-refractivity contribution in [2.75, 3.05) is 17.7 Å². The Hall–Kier alpha value is -5.16. The number of carbonyl (C=O) groups is 2. The van der Waals surface area contributed by atoms with E-state index < -0.39 is 41.1 Å². The molecule has 19 nitrogen and oxygen atoms in total. The normalized spacial score (nSPS) is 8.18. The predicted molar refractivity (Wildman–Crippen MR) is 214 cm³/mol. The average Bonchev–Trinajstić information content (AvgIpc) is 3.56. The van der Waals surface area contributed by atoms with E-state index in [0.29, 0.717) is 11.4 Å². The third kappa shape index (κ3) is 40.3. The number of aliphatic carboxylic acids is 1. The third-order valence-corrected chi connectivity index (χ3v) is 4.67. The van der Waals surface area contributed by atoms with E-state index in [-0.39, 0.29) is 76.2 Å². The van der Waals surface area contributed by atoms with Gasteiger partial charge in [-0.2, -0.15) is 0 Å². The van der Waals surface area contributed by atoms with Crippen molar-refractivity contribution >= 4 is 65.7 Å². The summed E-state index contributed by atoms with van der Waals surface area (Å²) in [6.45, 7) is 4.38. The summed E-state index contributed by atoms with van der Waals surface area (Å²) < 4.78 is 0. The first-order valence-corrected chi connectivity index (χ1v) is 21.9. The molecule has 0 aliphatic rings. The second kappa shape index (κ2) is 40.5. The minimum absolute atomic E-state index is 0. The molecule has 0 unspecified atom stereocenters. The van der Waals surface area contributed by atoms with Crippen LogP contribution in [0.15, 0.2) is 133 Å². The number of carbonyl (C=O) groups excluding carboxylic acids is 1. The summed E-state index contributed by atoms with van der Waals surface area (Å²) in [5, 5.41) is 64.5. The fraction of sp³-hybridized carbons (Fsp3) is 0.118. The molecule has 0 atom stereocenters. The molecule has 0 fully saturated rings. The Morgan fingerprint density at radius 3 is 1.42 bits per heavy atom. The molecule has 0 heterocycles. The Morgan fingerprint density at radius 2 is 0.982 bits per heavy atom. The Morgan fingerprint density at radius 1 is 0.684 bits per heavy atom. The zero-order chi connectivity index (χ0) is 44.1. The maximum absolute atomic E-state index is 10.9. The molecule has 57 heavy (non-hydrogen) atoms. The number of carboxylic acid groups (broad SMARTS) is 1. The number of carboxylic acids is 1. The molecule has 1 amide bonds. The van der Waals surface area contributed by atoms with Crippen LogP contribution in [-0.2, 0) is 9.59 Å². The molecule has 0 bridgehead atoms. The number of nitrogens with zero attached hydrogens (tertiary/aromatic N) is 2. The number of rotatable bonds is 2. The van der Waals surface area contributed by atoms with E-state index in [9.17, 15) is 28.9 Å².